The molecule has 2 aromatic rings. The Balaban J connectivity index is 2.60. The third kappa shape index (κ3) is 8.59. The van der Waals surface area contributed by atoms with Crippen LogP contribution in [0.4, 0.5) is 34.1 Å². The first-order valence-corrected chi connectivity index (χ1v) is 12.1. The van der Waals surface area contributed by atoms with Gasteiger partial charge in [-0.2, -0.15) is 0 Å². The zero-order valence-electron chi connectivity index (χ0n) is 21.5. The number of benzene rings is 2. The van der Waals surface area contributed by atoms with Crippen molar-refractivity contribution < 1.29 is 33.6 Å². The number of rotatable bonds is 15. The molecule has 0 atom stereocenters. The molecule has 15 nitrogen and oxygen atoms in total. The predicted molar refractivity (Wildman–Crippen MR) is 148 cm³/mol. The molecule has 16 heteroatoms. The predicted octanol–water partition coefficient (Wildman–Crippen LogP) is 5.34. The van der Waals surface area contributed by atoms with Gasteiger partial charge in [-0.1, -0.05) is 13.2 Å². The number of carbonyl (C=O) groups excluding carboxylic acids is 2. The Bertz CT molecular complexity index is 1350. The Morgan fingerprint density at radius 2 is 1.80 bits per heavy atom. The second-order valence-corrected chi connectivity index (χ2v) is 8.48. The van der Waals surface area contributed by atoms with Gasteiger partial charge in [0.05, 0.1) is 58.2 Å². The number of halogens is 1. The number of nitro groups is 2. The minimum Gasteiger partial charge on any atom is -0.500 e. The number of amides is 1. The average molecular weight is 621 g/mol. The first-order valence-electron chi connectivity index (χ1n) is 11.3. The molecule has 0 aromatic heterocycles. The van der Waals surface area contributed by atoms with E-state index in [-0.39, 0.29) is 47.0 Å². The molecule has 0 aliphatic carbocycles. The summed E-state index contributed by atoms with van der Waals surface area (Å²) in [6, 6.07) is 4.80. The molecule has 212 valence electrons. The minimum atomic E-state index is -0.826. The number of nitrogens with one attached hydrogen (secondary N) is 1. The van der Waals surface area contributed by atoms with E-state index in [9.17, 15) is 29.8 Å². The van der Waals surface area contributed by atoms with Gasteiger partial charge in [-0.3, -0.25) is 25.0 Å². The van der Waals surface area contributed by atoms with Crippen LogP contribution < -0.4 is 15.0 Å². The van der Waals surface area contributed by atoms with E-state index < -0.39 is 33.1 Å². The Morgan fingerprint density at radius 1 is 1.10 bits per heavy atom. The normalized spacial score (nSPS) is 10.5. The highest BCUT2D eigenvalue weighted by Crippen LogP contribution is 2.43. The van der Waals surface area contributed by atoms with Crippen molar-refractivity contribution in [2.24, 2.45) is 10.2 Å². The second-order valence-electron chi connectivity index (χ2n) is 7.63. The quantitative estimate of drug-likeness (QED) is 0.0517. The number of non-ortho nitro benzene ring substituents is 1. The van der Waals surface area contributed by atoms with Crippen molar-refractivity contribution in [1.82, 2.24) is 0 Å². The fourth-order valence-corrected chi connectivity index (χ4v) is 3.79. The van der Waals surface area contributed by atoms with Gasteiger partial charge in [0, 0.05) is 25.1 Å². The largest absolute Gasteiger partial charge is 0.500 e. The van der Waals surface area contributed by atoms with Crippen molar-refractivity contribution in [2.45, 2.75) is 6.92 Å². The number of methoxy groups -OCH3 is 1. The first kappa shape index (κ1) is 31.4. The Kier molecular flexibility index (Phi) is 11.7. The van der Waals surface area contributed by atoms with Crippen molar-refractivity contribution in [3.8, 4) is 5.75 Å². The molecule has 0 heterocycles. The molecule has 0 spiro atoms. The number of anilines is 2. The van der Waals surface area contributed by atoms with Crippen LogP contribution in [0.25, 0.3) is 0 Å². The number of carbonyl (C=O) groups is 2. The third-order valence-corrected chi connectivity index (χ3v) is 5.62. The molecule has 0 unspecified atom stereocenters. The van der Waals surface area contributed by atoms with Gasteiger partial charge in [0.15, 0.2) is 5.69 Å². The van der Waals surface area contributed by atoms with Crippen molar-refractivity contribution in [3.05, 3.63) is 74.5 Å². The molecule has 0 saturated carbocycles. The van der Waals surface area contributed by atoms with Crippen LogP contribution in [0.2, 0.25) is 0 Å². The van der Waals surface area contributed by atoms with Gasteiger partial charge in [-0.25, -0.2) is 4.79 Å². The van der Waals surface area contributed by atoms with Crippen LogP contribution in [0.3, 0.4) is 0 Å². The summed E-state index contributed by atoms with van der Waals surface area (Å²) in [4.78, 5) is 46.3. The fourth-order valence-electron chi connectivity index (χ4n) is 3.27. The van der Waals surface area contributed by atoms with E-state index in [1.54, 1.807) is 4.90 Å². The maximum absolute atomic E-state index is 12.0. The fraction of sp³-hybridized carbons (Fsp3) is 0.250. The number of esters is 1. The molecule has 2 aromatic carbocycles. The van der Waals surface area contributed by atoms with E-state index in [2.05, 4.69) is 44.6 Å². The lowest BCUT2D eigenvalue weighted by Gasteiger charge is -2.27. The van der Waals surface area contributed by atoms with Gasteiger partial charge in [0.1, 0.15) is 24.7 Å². The summed E-state index contributed by atoms with van der Waals surface area (Å²) in [5.41, 5.74) is -0.741. The Hall–Kier alpha value is -4.86. The second kappa shape index (κ2) is 14.9. The highest BCUT2D eigenvalue weighted by atomic mass is 79.9. The maximum Gasteiger partial charge on any atom is 0.330 e. The summed E-state index contributed by atoms with van der Waals surface area (Å²) >= 11 is 3.07. The number of nitrogens with zero attached hydrogens (tertiary/aromatic N) is 5. The molecule has 0 saturated heterocycles. The lowest BCUT2D eigenvalue weighted by atomic mass is 10.2. The molecule has 0 aliphatic rings. The summed E-state index contributed by atoms with van der Waals surface area (Å²) in [5, 5.41) is 33.4. The Morgan fingerprint density at radius 3 is 2.38 bits per heavy atom. The summed E-state index contributed by atoms with van der Waals surface area (Å²) in [6.07, 6.45) is 2.31. The Labute approximate surface area is 236 Å². The molecule has 1 N–H and O–H groups in total. The number of ether oxygens (including phenoxy) is 3. The van der Waals surface area contributed by atoms with Crippen LogP contribution in [0.5, 0.6) is 5.75 Å². The maximum atomic E-state index is 12.0. The topological polar surface area (TPSA) is 188 Å². The van der Waals surface area contributed by atoms with E-state index in [0.717, 1.165) is 18.2 Å². The van der Waals surface area contributed by atoms with Crippen molar-refractivity contribution in [3.63, 3.8) is 0 Å². The smallest absolute Gasteiger partial charge is 0.330 e. The highest BCUT2D eigenvalue weighted by molar-refractivity contribution is 9.10. The van der Waals surface area contributed by atoms with Crippen LogP contribution in [0.1, 0.15) is 6.92 Å². The van der Waals surface area contributed by atoms with Crippen LogP contribution in [0, 0.1) is 20.2 Å². The molecule has 40 heavy (non-hydrogen) atoms. The zero-order valence-corrected chi connectivity index (χ0v) is 23.1. The monoisotopic (exact) mass is 620 g/mol. The van der Waals surface area contributed by atoms with Crippen LogP contribution >= 0.6 is 15.9 Å². The van der Waals surface area contributed by atoms with E-state index in [1.807, 2.05) is 0 Å². The number of hydrogen-bond donors (Lipinski definition) is 1. The van der Waals surface area contributed by atoms with E-state index >= 15 is 0 Å². The molecular formula is C24H25BrN6O9. The number of nitro benzene ring substituents is 2. The molecular weight excluding hydrogens is 596 g/mol. The zero-order chi connectivity index (χ0) is 29.8. The van der Waals surface area contributed by atoms with E-state index in [0.29, 0.717) is 12.2 Å². The summed E-state index contributed by atoms with van der Waals surface area (Å²) in [5.74, 6) is -0.777. The number of azo groups is 1. The lowest BCUT2D eigenvalue weighted by molar-refractivity contribution is -0.393. The molecule has 0 fully saturated rings. The molecule has 2 rings (SSSR count). The van der Waals surface area contributed by atoms with Gasteiger partial charge >= 0.3 is 11.7 Å². The van der Waals surface area contributed by atoms with Gasteiger partial charge in [0.2, 0.25) is 5.91 Å². The summed E-state index contributed by atoms with van der Waals surface area (Å²) in [7, 11) is 1.39. The van der Waals surface area contributed by atoms with Crippen LogP contribution in [-0.4, -0.2) is 55.1 Å². The standard InChI is InChI=1S/C24H25BrN6O9/c1-5-23(33)40-10-8-29(7-9-39-6-2)20-13-18(26-15(3)32)19(14-22(20)38-4)27-28-24-17(25)11-16(30(34)35)12-21(24)31(36)37/h5-6,11-14H,1-2,7-10H2,3-4H3,(H,26,32)/b28-27+. The van der Waals surface area contributed by atoms with Crippen molar-refractivity contribution >= 4 is 61.9 Å². The summed E-state index contributed by atoms with van der Waals surface area (Å²) in [6.45, 7) is 8.86. The lowest BCUT2D eigenvalue weighted by Crippen LogP contribution is -2.31. The molecule has 1 amide bonds. The molecule has 0 bridgehead atoms. The van der Waals surface area contributed by atoms with E-state index in [1.165, 1.54) is 32.4 Å². The summed E-state index contributed by atoms with van der Waals surface area (Å²) < 4.78 is 15.8. The molecule has 0 aliphatic heterocycles. The van der Waals surface area contributed by atoms with Crippen LogP contribution in [0.15, 0.2) is 64.5 Å². The van der Waals surface area contributed by atoms with E-state index in [4.69, 9.17) is 14.2 Å². The van der Waals surface area contributed by atoms with Crippen LogP contribution in [-0.2, 0) is 19.1 Å². The van der Waals surface area contributed by atoms with Crippen molar-refractivity contribution in [1.29, 1.82) is 0 Å². The number of hydrogen-bond acceptors (Lipinski definition) is 12. The highest BCUT2D eigenvalue weighted by Gasteiger charge is 2.24. The van der Waals surface area contributed by atoms with Gasteiger partial charge in [-0.15, -0.1) is 10.2 Å². The third-order valence-electron chi connectivity index (χ3n) is 5.01. The van der Waals surface area contributed by atoms with Gasteiger partial charge < -0.3 is 24.4 Å². The van der Waals surface area contributed by atoms with Gasteiger partial charge in [-0.05, 0) is 22.0 Å². The first-order chi connectivity index (χ1) is 19.0. The van der Waals surface area contributed by atoms with Crippen molar-refractivity contribution in [2.75, 3.05) is 43.6 Å². The van der Waals surface area contributed by atoms with Gasteiger partial charge in [0.25, 0.3) is 5.69 Å². The minimum absolute atomic E-state index is 0.00311. The molecule has 0 radical (unpaired) electrons. The SMILES string of the molecule is C=COCCN(CCOC(=O)C=C)c1cc(NC(C)=O)c(/N=N/c2c(Br)cc([N+](=O)[O-])cc2[N+](=O)[O-])cc1OC. The average Bonchev–Trinajstić information content (AvgIpc) is 2.90.